The summed E-state index contributed by atoms with van der Waals surface area (Å²) >= 11 is 0. The number of likely N-dealkylation sites (N-methyl/N-ethyl adjacent to an activating group) is 1. The van der Waals surface area contributed by atoms with E-state index in [4.69, 9.17) is 4.74 Å². The van der Waals surface area contributed by atoms with Crippen LogP contribution in [-0.4, -0.2) is 74.1 Å². The van der Waals surface area contributed by atoms with E-state index in [9.17, 15) is 14.0 Å². The van der Waals surface area contributed by atoms with Gasteiger partial charge < -0.3 is 20.3 Å². The van der Waals surface area contributed by atoms with E-state index in [1.165, 1.54) is 12.1 Å². The zero-order chi connectivity index (χ0) is 18.9. The third-order valence-electron chi connectivity index (χ3n) is 3.73. The Labute approximate surface area is 175 Å². The second kappa shape index (κ2) is 11.6. The maximum atomic E-state index is 12.9. The van der Waals surface area contributed by atoms with Crippen molar-refractivity contribution in [1.29, 1.82) is 0 Å². The van der Waals surface area contributed by atoms with E-state index in [1.54, 1.807) is 12.1 Å². The van der Waals surface area contributed by atoms with Gasteiger partial charge in [0.05, 0.1) is 26.2 Å². The number of carbonyl (C=O) groups excluding carboxylic acids is 2. The third kappa shape index (κ3) is 7.19. The molecule has 1 saturated heterocycles. The number of nitrogens with one attached hydrogen (secondary N) is 2. The Morgan fingerprint density at radius 2 is 2.07 bits per heavy atom. The van der Waals surface area contributed by atoms with E-state index in [2.05, 4.69) is 15.6 Å². The number of aliphatic imine (C=N–C) groups is 1. The van der Waals surface area contributed by atoms with Crippen molar-refractivity contribution >= 4 is 41.9 Å². The standard InChI is InChI=1S/C17H24FN5O3.HI/c1-3-19-16(20-8-9-23-15(24)12-21-17(23)25)22(2)10-11-26-14-6-4-13(18)5-7-14;/h4-7H,3,8-12H2,1-2H3,(H,19,20)(H,21,25);1H. The summed E-state index contributed by atoms with van der Waals surface area (Å²) in [6, 6.07) is 5.47. The Morgan fingerprint density at radius 3 is 2.67 bits per heavy atom. The minimum Gasteiger partial charge on any atom is -0.492 e. The fourth-order valence-corrected chi connectivity index (χ4v) is 2.34. The molecule has 0 saturated carbocycles. The van der Waals surface area contributed by atoms with Crippen molar-refractivity contribution in [1.82, 2.24) is 20.4 Å². The number of urea groups is 1. The average molecular weight is 493 g/mol. The van der Waals surface area contributed by atoms with Crippen LogP contribution >= 0.6 is 24.0 Å². The topological polar surface area (TPSA) is 86.3 Å². The molecule has 1 fully saturated rings. The first kappa shape index (κ1) is 22.9. The fraction of sp³-hybridized carbons (Fsp3) is 0.471. The molecule has 1 heterocycles. The van der Waals surface area contributed by atoms with E-state index in [0.717, 1.165) is 4.90 Å². The Hall–Kier alpha value is -2.11. The number of nitrogens with zero attached hydrogens (tertiary/aromatic N) is 3. The fourth-order valence-electron chi connectivity index (χ4n) is 2.34. The number of hydrogen-bond acceptors (Lipinski definition) is 4. The van der Waals surface area contributed by atoms with Crippen LogP contribution in [0.4, 0.5) is 9.18 Å². The Kier molecular flexibility index (Phi) is 9.83. The van der Waals surface area contributed by atoms with Crippen molar-refractivity contribution < 1.29 is 18.7 Å². The van der Waals surface area contributed by atoms with Crippen molar-refractivity contribution in [2.75, 3.05) is 46.4 Å². The minimum atomic E-state index is -0.378. The molecule has 0 unspecified atom stereocenters. The smallest absolute Gasteiger partial charge is 0.324 e. The molecule has 1 aliphatic rings. The molecule has 0 atom stereocenters. The number of rotatable bonds is 8. The van der Waals surface area contributed by atoms with E-state index < -0.39 is 0 Å². The molecule has 0 spiro atoms. The van der Waals surface area contributed by atoms with Gasteiger partial charge in [-0.05, 0) is 31.2 Å². The molecule has 0 radical (unpaired) electrons. The summed E-state index contributed by atoms with van der Waals surface area (Å²) in [4.78, 5) is 30.5. The predicted octanol–water partition coefficient (Wildman–Crippen LogP) is 1.27. The van der Waals surface area contributed by atoms with Gasteiger partial charge in [0.1, 0.15) is 18.2 Å². The van der Waals surface area contributed by atoms with Gasteiger partial charge in [0.15, 0.2) is 5.96 Å². The first-order valence-electron chi connectivity index (χ1n) is 8.47. The molecular weight excluding hydrogens is 468 g/mol. The summed E-state index contributed by atoms with van der Waals surface area (Å²) in [5.41, 5.74) is 0. The van der Waals surface area contributed by atoms with Crippen LogP contribution in [0.1, 0.15) is 6.92 Å². The lowest BCUT2D eigenvalue weighted by atomic mass is 10.3. The molecule has 0 aromatic heterocycles. The summed E-state index contributed by atoms with van der Waals surface area (Å²) in [5, 5.41) is 5.63. The van der Waals surface area contributed by atoms with Gasteiger partial charge in [0.25, 0.3) is 0 Å². The lowest BCUT2D eigenvalue weighted by Crippen LogP contribution is -2.41. The van der Waals surface area contributed by atoms with Crippen LogP contribution in [0.5, 0.6) is 5.75 Å². The molecule has 2 rings (SSSR count). The monoisotopic (exact) mass is 493 g/mol. The molecule has 2 N–H and O–H groups in total. The Balaban J connectivity index is 0.00000364. The molecule has 1 aliphatic heterocycles. The van der Waals surface area contributed by atoms with Gasteiger partial charge in [-0.25, -0.2) is 9.18 Å². The summed E-state index contributed by atoms with van der Waals surface area (Å²) in [6.45, 7) is 4.19. The number of benzene rings is 1. The summed E-state index contributed by atoms with van der Waals surface area (Å²) in [6.07, 6.45) is 0. The van der Waals surface area contributed by atoms with Crippen molar-refractivity contribution in [3.63, 3.8) is 0 Å². The quantitative estimate of drug-likeness (QED) is 0.247. The zero-order valence-electron chi connectivity index (χ0n) is 15.4. The highest BCUT2D eigenvalue weighted by molar-refractivity contribution is 14.0. The number of ether oxygens (including phenoxy) is 1. The highest BCUT2D eigenvalue weighted by atomic mass is 127. The molecule has 3 amide bonds. The Morgan fingerprint density at radius 1 is 1.37 bits per heavy atom. The van der Waals surface area contributed by atoms with E-state index >= 15 is 0 Å². The van der Waals surface area contributed by atoms with Crippen molar-refractivity contribution in [3.05, 3.63) is 30.1 Å². The summed E-state index contributed by atoms with van der Waals surface area (Å²) in [5.74, 6) is 0.708. The van der Waals surface area contributed by atoms with Gasteiger partial charge in [-0.2, -0.15) is 0 Å². The first-order chi connectivity index (χ1) is 12.5. The molecule has 27 heavy (non-hydrogen) atoms. The van der Waals surface area contributed by atoms with Gasteiger partial charge in [0.2, 0.25) is 5.91 Å². The van der Waals surface area contributed by atoms with Crippen LogP contribution < -0.4 is 15.4 Å². The lowest BCUT2D eigenvalue weighted by Gasteiger charge is -2.22. The van der Waals surface area contributed by atoms with Gasteiger partial charge in [-0.3, -0.25) is 14.7 Å². The molecule has 10 heteroatoms. The molecule has 8 nitrogen and oxygen atoms in total. The molecule has 150 valence electrons. The third-order valence-corrected chi connectivity index (χ3v) is 3.73. The second-order valence-electron chi connectivity index (χ2n) is 5.66. The van der Waals surface area contributed by atoms with Crippen LogP contribution in [0.2, 0.25) is 0 Å². The highest BCUT2D eigenvalue weighted by Gasteiger charge is 2.27. The van der Waals surface area contributed by atoms with Gasteiger partial charge >= 0.3 is 6.03 Å². The molecule has 0 bridgehead atoms. The maximum absolute atomic E-state index is 12.9. The van der Waals surface area contributed by atoms with Crippen molar-refractivity contribution in [2.24, 2.45) is 4.99 Å². The SMILES string of the molecule is CCNC(=NCCN1C(=O)CNC1=O)N(C)CCOc1ccc(F)cc1.I. The Bertz CT molecular complexity index is 640. The number of carbonyl (C=O) groups is 2. The summed E-state index contributed by atoms with van der Waals surface area (Å²) < 4.78 is 18.4. The van der Waals surface area contributed by atoms with Crippen LogP contribution in [-0.2, 0) is 4.79 Å². The van der Waals surface area contributed by atoms with Crippen LogP contribution in [0.15, 0.2) is 29.3 Å². The van der Waals surface area contributed by atoms with Crippen LogP contribution in [0.25, 0.3) is 0 Å². The number of halogens is 2. The number of imide groups is 1. The maximum Gasteiger partial charge on any atom is 0.324 e. The highest BCUT2D eigenvalue weighted by Crippen LogP contribution is 2.10. The van der Waals surface area contributed by atoms with Crippen LogP contribution in [0, 0.1) is 5.82 Å². The molecule has 0 aliphatic carbocycles. The average Bonchev–Trinajstić information content (AvgIpc) is 2.94. The van der Waals surface area contributed by atoms with Gasteiger partial charge in [0, 0.05) is 13.6 Å². The zero-order valence-corrected chi connectivity index (χ0v) is 17.7. The van der Waals surface area contributed by atoms with Gasteiger partial charge in [-0.1, -0.05) is 0 Å². The first-order valence-corrected chi connectivity index (χ1v) is 8.47. The van der Waals surface area contributed by atoms with Crippen molar-refractivity contribution in [3.8, 4) is 5.75 Å². The number of guanidine groups is 1. The predicted molar refractivity (Wildman–Crippen MR) is 111 cm³/mol. The normalized spacial score (nSPS) is 13.9. The van der Waals surface area contributed by atoms with Crippen molar-refractivity contribution in [2.45, 2.75) is 6.92 Å². The second-order valence-corrected chi connectivity index (χ2v) is 5.66. The minimum absolute atomic E-state index is 0. The lowest BCUT2D eigenvalue weighted by molar-refractivity contribution is -0.124. The molecule has 1 aromatic carbocycles. The molecule has 1 aromatic rings. The molecular formula is C17H25FIN5O3. The van der Waals surface area contributed by atoms with E-state index in [0.29, 0.717) is 38.0 Å². The summed E-state index contributed by atoms with van der Waals surface area (Å²) in [7, 11) is 1.86. The largest absolute Gasteiger partial charge is 0.492 e. The van der Waals surface area contributed by atoms with Gasteiger partial charge in [-0.15, -0.1) is 24.0 Å². The number of amides is 3. The van der Waals surface area contributed by atoms with E-state index in [1.807, 2.05) is 18.9 Å². The van der Waals surface area contributed by atoms with Crippen LogP contribution in [0.3, 0.4) is 0 Å². The van der Waals surface area contributed by atoms with E-state index in [-0.39, 0.29) is 54.8 Å². The number of hydrogen-bond donors (Lipinski definition) is 2.